The maximum atomic E-state index is 12.6. The number of rotatable bonds is 5. The van der Waals surface area contributed by atoms with Crippen molar-refractivity contribution in [3.05, 3.63) is 53.6 Å². The van der Waals surface area contributed by atoms with Gasteiger partial charge >= 0.3 is 0 Å². The second-order valence-electron chi connectivity index (χ2n) is 7.06. The van der Waals surface area contributed by atoms with Crippen LogP contribution in [-0.4, -0.2) is 48.2 Å². The fourth-order valence-electron chi connectivity index (χ4n) is 3.52. The normalized spacial score (nSPS) is 14.9. The van der Waals surface area contributed by atoms with Gasteiger partial charge in [-0.3, -0.25) is 9.10 Å². The van der Waals surface area contributed by atoms with Crippen LogP contribution in [0.2, 0.25) is 0 Å². The van der Waals surface area contributed by atoms with Gasteiger partial charge in [-0.2, -0.15) is 0 Å². The SMILES string of the molecule is C[C@@H](Cn1nnc2ccccc21)NC(=O)c1ccc2c(c1)CCN2S(C)(=O)=O. The minimum atomic E-state index is -3.30. The fourth-order valence-corrected chi connectivity index (χ4v) is 4.48. The highest BCUT2D eigenvalue weighted by molar-refractivity contribution is 7.92. The summed E-state index contributed by atoms with van der Waals surface area (Å²) >= 11 is 0. The Morgan fingerprint density at radius 3 is 2.82 bits per heavy atom. The Labute approximate surface area is 163 Å². The number of sulfonamides is 1. The lowest BCUT2D eigenvalue weighted by molar-refractivity contribution is 0.0936. The van der Waals surface area contributed by atoms with Gasteiger partial charge in [0.2, 0.25) is 10.0 Å². The predicted octanol–water partition coefficient (Wildman–Crippen LogP) is 1.57. The third-order valence-electron chi connectivity index (χ3n) is 4.84. The van der Waals surface area contributed by atoms with Gasteiger partial charge in [0, 0.05) is 18.2 Å². The van der Waals surface area contributed by atoms with E-state index >= 15 is 0 Å². The number of carbonyl (C=O) groups excluding carboxylic acids is 1. The van der Waals surface area contributed by atoms with Crippen LogP contribution < -0.4 is 9.62 Å². The molecule has 1 amide bonds. The number of anilines is 1. The van der Waals surface area contributed by atoms with Crippen LogP contribution in [0, 0.1) is 0 Å². The zero-order valence-electron chi connectivity index (χ0n) is 15.7. The van der Waals surface area contributed by atoms with Crippen molar-refractivity contribution in [3.63, 3.8) is 0 Å². The lowest BCUT2D eigenvalue weighted by Crippen LogP contribution is -2.36. The molecule has 3 aromatic rings. The van der Waals surface area contributed by atoms with Gasteiger partial charge in [0.15, 0.2) is 0 Å². The van der Waals surface area contributed by atoms with Crippen LogP contribution in [0.3, 0.4) is 0 Å². The van der Waals surface area contributed by atoms with Gasteiger partial charge in [0.1, 0.15) is 5.52 Å². The molecule has 2 heterocycles. The number of fused-ring (bicyclic) bond motifs is 2. The molecule has 0 bridgehead atoms. The average molecular weight is 399 g/mol. The van der Waals surface area contributed by atoms with Crippen LogP contribution in [-0.2, 0) is 23.0 Å². The molecule has 28 heavy (non-hydrogen) atoms. The molecule has 1 aromatic heterocycles. The number of hydrogen-bond donors (Lipinski definition) is 1. The minimum absolute atomic E-state index is 0.154. The molecule has 0 spiro atoms. The van der Waals surface area contributed by atoms with E-state index in [4.69, 9.17) is 0 Å². The number of nitrogens with one attached hydrogen (secondary N) is 1. The van der Waals surface area contributed by atoms with Gasteiger partial charge in [0.05, 0.1) is 24.0 Å². The van der Waals surface area contributed by atoms with Crippen LogP contribution in [0.4, 0.5) is 5.69 Å². The Bertz CT molecular complexity index is 1160. The topological polar surface area (TPSA) is 97.2 Å². The lowest BCUT2D eigenvalue weighted by Gasteiger charge is -2.17. The van der Waals surface area contributed by atoms with Crippen molar-refractivity contribution in [2.75, 3.05) is 17.1 Å². The maximum absolute atomic E-state index is 12.6. The largest absolute Gasteiger partial charge is 0.348 e. The minimum Gasteiger partial charge on any atom is -0.348 e. The lowest BCUT2D eigenvalue weighted by atomic mass is 10.1. The van der Waals surface area contributed by atoms with Gasteiger partial charge < -0.3 is 5.32 Å². The van der Waals surface area contributed by atoms with Crippen molar-refractivity contribution < 1.29 is 13.2 Å². The number of hydrogen-bond acceptors (Lipinski definition) is 5. The van der Waals surface area contributed by atoms with Crippen LogP contribution in [0.25, 0.3) is 11.0 Å². The molecule has 1 aliphatic rings. The van der Waals surface area contributed by atoms with E-state index in [0.29, 0.717) is 30.8 Å². The summed E-state index contributed by atoms with van der Waals surface area (Å²) in [7, 11) is -3.30. The Morgan fingerprint density at radius 1 is 1.25 bits per heavy atom. The highest BCUT2D eigenvalue weighted by Gasteiger charge is 2.27. The summed E-state index contributed by atoms with van der Waals surface area (Å²) < 4.78 is 26.8. The van der Waals surface area contributed by atoms with Crippen LogP contribution in [0.5, 0.6) is 0 Å². The van der Waals surface area contributed by atoms with Crippen molar-refractivity contribution in [2.45, 2.75) is 25.9 Å². The third-order valence-corrected chi connectivity index (χ3v) is 6.02. The summed E-state index contributed by atoms with van der Waals surface area (Å²) in [5.74, 6) is -0.197. The zero-order valence-corrected chi connectivity index (χ0v) is 16.5. The Balaban J connectivity index is 1.47. The molecular formula is C19H21N5O3S. The van der Waals surface area contributed by atoms with Gasteiger partial charge in [-0.1, -0.05) is 17.3 Å². The molecular weight excluding hydrogens is 378 g/mol. The van der Waals surface area contributed by atoms with Crippen molar-refractivity contribution in [1.82, 2.24) is 20.3 Å². The van der Waals surface area contributed by atoms with Crippen molar-refractivity contribution in [3.8, 4) is 0 Å². The van der Waals surface area contributed by atoms with E-state index in [1.165, 1.54) is 10.6 Å². The molecule has 1 aliphatic heterocycles. The first-order valence-electron chi connectivity index (χ1n) is 9.02. The average Bonchev–Trinajstić information content (AvgIpc) is 3.25. The molecule has 0 aliphatic carbocycles. The molecule has 0 saturated carbocycles. The Morgan fingerprint density at radius 2 is 2.04 bits per heavy atom. The molecule has 1 N–H and O–H groups in total. The van der Waals surface area contributed by atoms with Gasteiger partial charge in [-0.15, -0.1) is 5.10 Å². The summed E-state index contributed by atoms with van der Waals surface area (Å²) in [5.41, 5.74) is 3.77. The summed E-state index contributed by atoms with van der Waals surface area (Å²) in [4.78, 5) is 12.6. The first kappa shape index (κ1) is 18.4. The molecule has 8 nitrogen and oxygen atoms in total. The smallest absolute Gasteiger partial charge is 0.251 e. The van der Waals surface area contributed by atoms with Crippen molar-refractivity contribution in [2.24, 2.45) is 0 Å². The Kier molecular flexibility index (Phi) is 4.54. The molecule has 0 radical (unpaired) electrons. The standard InChI is InChI=1S/C19H21N5O3S/c1-13(12-23-18-6-4-3-5-16(18)21-22-23)20-19(25)15-7-8-17-14(11-15)9-10-24(17)28(2,26)27/h3-8,11,13H,9-10,12H2,1-2H3,(H,20,25)/t13-/m0/s1. The quantitative estimate of drug-likeness (QED) is 0.702. The Hall–Kier alpha value is -2.94. The van der Waals surface area contributed by atoms with Crippen molar-refractivity contribution >= 4 is 32.7 Å². The number of aromatic nitrogens is 3. The number of carbonyl (C=O) groups is 1. The fraction of sp³-hybridized carbons (Fsp3) is 0.316. The molecule has 1 atom stereocenters. The summed E-state index contributed by atoms with van der Waals surface area (Å²) in [6.07, 6.45) is 1.79. The molecule has 0 fully saturated rings. The molecule has 9 heteroatoms. The number of benzene rings is 2. The summed E-state index contributed by atoms with van der Waals surface area (Å²) in [6, 6.07) is 12.7. The second-order valence-corrected chi connectivity index (χ2v) is 8.97. The van der Waals surface area contributed by atoms with Crippen LogP contribution in [0.15, 0.2) is 42.5 Å². The molecule has 0 saturated heterocycles. The monoisotopic (exact) mass is 399 g/mol. The van der Waals surface area contributed by atoms with E-state index in [2.05, 4.69) is 15.6 Å². The first-order chi connectivity index (χ1) is 13.3. The van der Waals surface area contributed by atoms with E-state index in [9.17, 15) is 13.2 Å². The number of amides is 1. The van der Waals surface area contributed by atoms with Gasteiger partial charge in [-0.05, 0) is 49.2 Å². The van der Waals surface area contributed by atoms with Crippen LogP contribution in [0.1, 0.15) is 22.8 Å². The predicted molar refractivity (Wildman–Crippen MR) is 107 cm³/mol. The van der Waals surface area contributed by atoms with E-state index in [0.717, 1.165) is 16.6 Å². The number of para-hydroxylation sites is 1. The van der Waals surface area contributed by atoms with Gasteiger partial charge in [0.25, 0.3) is 5.91 Å². The maximum Gasteiger partial charge on any atom is 0.251 e. The highest BCUT2D eigenvalue weighted by atomic mass is 32.2. The molecule has 2 aromatic carbocycles. The second kappa shape index (κ2) is 6.90. The zero-order chi connectivity index (χ0) is 19.9. The van der Waals surface area contributed by atoms with E-state index in [1.54, 1.807) is 22.9 Å². The van der Waals surface area contributed by atoms with E-state index in [1.807, 2.05) is 31.2 Å². The van der Waals surface area contributed by atoms with Crippen molar-refractivity contribution in [1.29, 1.82) is 0 Å². The first-order valence-corrected chi connectivity index (χ1v) is 10.9. The molecule has 4 rings (SSSR count). The summed E-state index contributed by atoms with van der Waals surface area (Å²) in [5, 5.41) is 11.2. The number of nitrogens with zero attached hydrogens (tertiary/aromatic N) is 4. The third kappa shape index (κ3) is 3.45. The summed E-state index contributed by atoms with van der Waals surface area (Å²) in [6.45, 7) is 2.82. The molecule has 0 unspecified atom stereocenters. The van der Waals surface area contributed by atoms with E-state index < -0.39 is 10.0 Å². The van der Waals surface area contributed by atoms with E-state index in [-0.39, 0.29) is 11.9 Å². The van der Waals surface area contributed by atoms with Gasteiger partial charge in [-0.25, -0.2) is 13.1 Å². The van der Waals surface area contributed by atoms with Crippen LogP contribution >= 0.6 is 0 Å². The highest BCUT2D eigenvalue weighted by Crippen LogP contribution is 2.30. The molecule has 146 valence electrons.